The maximum absolute atomic E-state index is 15.8. The van der Waals surface area contributed by atoms with Gasteiger partial charge in [0, 0.05) is 6.42 Å². The second-order valence-electron chi connectivity index (χ2n) is 9.98. The molecule has 236 valence electrons. The van der Waals surface area contributed by atoms with Gasteiger partial charge in [0.15, 0.2) is 35.0 Å². The van der Waals surface area contributed by atoms with Gasteiger partial charge < -0.3 is 20.9 Å². The zero-order valence-corrected chi connectivity index (χ0v) is 25.6. The SMILES string of the molecule is Nc1nc2c(ncn2[C@@H]2O[C@@H]3COP(=O)(S)O[C@H]4C[C@H](n5cnc6c(N)ncnc65)O[C@@H]4CO[P@](=O)(S)O[C@@H]2[C@@H]3F)c(=O)[nH]1. The molecule has 0 aliphatic carbocycles. The molecule has 44 heavy (non-hydrogen) atoms. The Balaban J connectivity index is 1.19. The number of imidazole rings is 2. The minimum atomic E-state index is -4.35. The average Bonchev–Trinajstić information content (AvgIpc) is 3.72. The number of ether oxygens (including phenoxy) is 2. The first-order valence-corrected chi connectivity index (χ1v) is 18.2. The summed E-state index contributed by atoms with van der Waals surface area (Å²) in [5.41, 5.74) is 11.4. The number of nitrogen functional groups attached to an aromatic ring is 2. The molecule has 5 N–H and O–H groups in total. The van der Waals surface area contributed by atoms with Crippen LogP contribution < -0.4 is 17.0 Å². The first kappa shape index (κ1) is 30.0. The number of halogens is 1. The molecule has 4 aromatic heterocycles. The van der Waals surface area contributed by atoms with Gasteiger partial charge in [-0.25, -0.2) is 33.5 Å². The number of aromatic nitrogens is 8. The molecule has 7 rings (SSSR count). The highest BCUT2D eigenvalue weighted by atomic mass is 32.7. The predicted molar refractivity (Wildman–Crippen MR) is 154 cm³/mol. The van der Waals surface area contributed by atoms with E-state index in [1.165, 1.54) is 17.2 Å². The summed E-state index contributed by atoms with van der Waals surface area (Å²) in [6.45, 7) is -9.62. The Morgan fingerprint density at radius 2 is 1.61 bits per heavy atom. The molecule has 0 aromatic carbocycles. The lowest BCUT2D eigenvalue weighted by molar-refractivity contribution is -0.0560. The van der Waals surface area contributed by atoms with Gasteiger partial charge in [0.05, 0.1) is 25.9 Å². The van der Waals surface area contributed by atoms with Crippen LogP contribution in [-0.2, 0) is 36.7 Å². The fourth-order valence-electron chi connectivity index (χ4n) is 5.23. The number of nitrogens with two attached hydrogens (primary N) is 2. The van der Waals surface area contributed by atoms with E-state index in [2.05, 4.69) is 54.4 Å². The largest absolute Gasteiger partial charge is 0.386 e. The lowest BCUT2D eigenvalue weighted by Gasteiger charge is -2.26. The van der Waals surface area contributed by atoms with Crippen molar-refractivity contribution in [1.29, 1.82) is 0 Å². The summed E-state index contributed by atoms with van der Waals surface area (Å²) >= 11 is 8.14. The van der Waals surface area contributed by atoms with Gasteiger partial charge in [0.1, 0.15) is 42.5 Å². The first-order chi connectivity index (χ1) is 20.9. The summed E-state index contributed by atoms with van der Waals surface area (Å²) in [5, 5.41) is 0. The monoisotopic (exact) mass is 692 g/mol. The molecule has 3 fully saturated rings. The molecule has 19 nitrogen and oxygen atoms in total. The fraction of sp³-hybridized carbons (Fsp3) is 0.500. The highest BCUT2D eigenvalue weighted by Gasteiger charge is 2.52. The van der Waals surface area contributed by atoms with Crippen molar-refractivity contribution in [3.05, 3.63) is 29.3 Å². The van der Waals surface area contributed by atoms with E-state index in [-0.39, 0.29) is 29.4 Å². The smallest absolute Gasteiger partial charge is 0.382 e. The number of anilines is 2. The third-order valence-electron chi connectivity index (χ3n) is 7.19. The van der Waals surface area contributed by atoms with Crippen LogP contribution in [0.2, 0.25) is 0 Å². The predicted octanol–water partition coefficient (Wildman–Crippen LogP) is 1.54. The van der Waals surface area contributed by atoms with Crippen molar-refractivity contribution in [2.75, 3.05) is 24.7 Å². The Morgan fingerprint density at radius 3 is 2.41 bits per heavy atom. The van der Waals surface area contributed by atoms with Crippen molar-refractivity contribution in [3.63, 3.8) is 0 Å². The van der Waals surface area contributed by atoms with Crippen LogP contribution in [0.4, 0.5) is 16.2 Å². The maximum Gasteiger partial charge on any atom is 0.386 e. The van der Waals surface area contributed by atoms with Gasteiger partial charge in [-0.05, 0) is 0 Å². The van der Waals surface area contributed by atoms with Crippen molar-refractivity contribution in [2.45, 2.75) is 49.5 Å². The molecule has 0 amide bonds. The second kappa shape index (κ2) is 11.0. The van der Waals surface area contributed by atoms with E-state index in [1.54, 1.807) is 4.57 Å². The van der Waals surface area contributed by atoms with Gasteiger partial charge in [0.25, 0.3) is 5.56 Å². The van der Waals surface area contributed by atoms with Crippen molar-refractivity contribution < 1.29 is 41.1 Å². The van der Waals surface area contributed by atoms with E-state index in [0.29, 0.717) is 11.2 Å². The zero-order chi connectivity index (χ0) is 31.0. The van der Waals surface area contributed by atoms with E-state index in [9.17, 15) is 13.9 Å². The van der Waals surface area contributed by atoms with E-state index in [1.807, 2.05) is 0 Å². The summed E-state index contributed by atoms with van der Waals surface area (Å²) in [5.74, 6) is -0.0784. The van der Waals surface area contributed by atoms with Crippen LogP contribution in [0, 0.1) is 0 Å². The molecule has 24 heteroatoms. The Hall–Kier alpha value is -2.65. The lowest BCUT2D eigenvalue weighted by Crippen LogP contribution is -2.32. The second-order valence-corrected chi connectivity index (χ2v) is 15.7. The van der Waals surface area contributed by atoms with Crippen molar-refractivity contribution in [3.8, 4) is 0 Å². The van der Waals surface area contributed by atoms with Gasteiger partial charge in [-0.3, -0.25) is 37.0 Å². The van der Waals surface area contributed by atoms with Crippen molar-refractivity contribution in [2.24, 2.45) is 0 Å². The van der Waals surface area contributed by atoms with E-state index >= 15 is 4.39 Å². The van der Waals surface area contributed by atoms with Crippen LogP contribution in [0.3, 0.4) is 0 Å². The van der Waals surface area contributed by atoms with Crippen molar-refractivity contribution in [1.82, 2.24) is 39.0 Å². The molecule has 3 saturated heterocycles. The van der Waals surface area contributed by atoms with Crippen LogP contribution in [-0.4, -0.2) is 82.8 Å². The fourth-order valence-corrected chi connectivity index (χ4v) is 8.20. The minimum Gasteiger partial charge on any atom is -0.382 e. The summed E-state index contributed by atoms with van der Waals surface area (Å²) < 4.78 is 79.5. The first-order valence-electron chi connectivity index (χ1n) is 12.8. The van der Waals surface area contributed by atoms with Gasteiger partial charge >= 0.3 is 13.6 Å². The maximum atomic E-state index is 15.8. The summed E-state index contributed by atoms with van der Waals surface area (Å²) in [6.07, 6.45) is -5.35. The number of rotatable bonds is 2. The molecule has 4 aromatic rings. The van der Waals surface area contributed by atoms with Crippen LogP contribution in [0.25, 0.3) is 22.3 Å². The number of aromatic amines is 1. The van der Waals surface area contributed by atoms with Crippen LogP contribution in [0.5, 0.6) is 0 Å². The molecule has 3 aliphatic rings. The molecule has 0 spiro atoms. The molecule has 7 heterocycles. The minimum absolute atomic E-state index is 0.0647. The van der Waals surface area contributed by atoms with Gasteiger partial charge in [-0.2, -0.15) is 4.98 Å². The highest BCUT2D eigenvalue weighted by Crippen LogP contribution is 2.60. The summed E-state index contributed by atoms with van der Waals surface area (Å²) in [4.78, 5) is 35.0. The quantitative estimate of drug-likeness (QED) is 0.148. The topological polar surface area (TPSA) is 249 Å². The number of thiol groups is 2. The highest BCUT2D eigenvalue weighted by molar-refractivity contribution is 8.44. The van der Waals surface area contributed by atoms with E-state index in [0.717, 1.165) is 6.33 Å². The lowest BCUT2D eigenvalue weighted by atomic mass is 10.1. The summed E-state index contributed by atoms with van der Waals surface area (Å²) in [7, 11) is 0. The number of hydrogen-bond acceptors (Lipinski definition) is 16. The molecule has 9 atom stereocenters. The Kier molecular flexibility index (Phi) is 7.51. The third-order valence-corrected chi connectivity index (χ3v) is 10.5. The molecule has 0 saturated carbocycles. The third kappa shape index (κ3) is 5.42. The van der Waals surface area contributed by atoms with Gasteiger partial charge in [-0.1, -0.05) is 24.5 Å². The standard InChI is InChI=1S/C20H23FN10O9P2S2/c21-11-9-3-36-41(33,43)39-7-1-10(30-5-26-12-15(22)24-4-25-16(12)30)37-8(7)2-35-42(34,44)40-14(11)19(38-9)31-6-27-13-17(31)28-20(23)29-18(13)32/h4-11,14,19H,1-3H2,(H,33,43)(H,34,44)(H2,22,24,25)(H3,23,28,29,32)/t7-,8+,9+,10+,11+,14+,19+,41?,42-/m0/s1. The van der Waals surface area contributed by atoms with Gasteiger partial charge in [-0.15, -0.1) is 0 Å². The molecular formula is C20H23FN10O9P2S2. The Morgan fingerprint density at radius 1 is 0.909 bits per heavy atom. The normalized spacial score (nSPS) is 36.6. The number of nitrogens with zero attached hydrogens (tertiary/aromatic N) is 7. The Labute approximate surface area is 255 Å². The molecule has 1 unspecified atom stereocenters. The number of hydrogen-bond donors (Lipinski definition) is 5. The van der Waals surface area contributed by atoms with E-state index in [4.69, 9.17) is 39.0 Å². The molecular weight excluding hydrogens is 669 g/mol. The van der Waals surface area contributed by atoms with E-state index < -0.39 is 75.4 Å². The number of fused-ring (bicyclic) bond motifs is 5. The molecule has 0 radical (unpaired) electrons. The van der Waals surface area contributed by atoms with Gasteiger partial charge in [0.2, 0.25) is 5.95 Å². The van der Waals surface area contributed by atoms with Crippen molar-refractivity contribution >= 4 is 72.2 Å². The molecule has 3 aliphatic heterocycles. The average molecular weight is 693 g/mol. The number of H-pyrrole nitrogens is 1. The number of nitrogens with one attached hydrogen (secondary N) is 1. The summed E-state index contributed by atoms with van der Waals surface area (Å²) in [6, 6.07) is 0. The molecule has 2 bridgehead atoms. The van der Waals surface area contributed by atoms with Crippen LogP contribution in [0.15, 0.2) is 23.8 Å². The Bertz CT molecular complexity index is 1910. The zero-order valence-electron chi connectivity index (χ0n) is 22.0. The number of alkyl halides is 1. The van der Waals surface area contributed by atoms with Crippen LogP contribution in [0.1, 0.15) is 18.9 Å². The van der Waals surface area contributed by atoms with Crippen LogP contribution >= 0.6 is 38.1 Å².